The van der Waals surface area contributed by atoms with Gasteiger partial charge in [-0.2, -0.15) is 0 Å². The fourth-order valence-electron chi connectivity index (χ4n) is 3.94. The van der Waals surface area contributed by atoms with E-state index < -0.39 is 0 Å². The first-order chi connectivity index (χ1) is 16.0. The van der Waals surface area contributed by atoms with Crippen LogP contribution in [0.5, 0.6) is 0 Å². The number of benzene rings is 2. The molecule has 1 aliphatic heterocycles. The Balaban J connectivity index is 1.38. The molecule has 172 valence electrons. The number of anilines is 2. The quantitative estimate of drug-likeness (QED) is 0.601. The minimum atomic E-state index is -0.315. The molecule has 1 saturated heterocycles. The normalized spacial score (nSPS) is 14.7. The number of hydrogen-bond acceptors (Lipinski definition) is 5. The lowest BCUT2D eigenvalue weighted by Crippen LogP contribution is -2.45. The molecule has 0 bridgehead atoms. The summed E-state index contributed by atoms with van der Waals surface area (Å²) in [6.45, 7) is 5.51. The van der Waals surface area contributed by atoms with Crippen molar-refractivity contribution in [1.82, 2.24) is 9.80 Å². The second-order valence-electron chi connectivity index (χ2n) is 8.40. The fourth-order valence-corrected chi connectivity index (χ4v) is 3.94. The lowest BCUT2D eigenvalue weighted by Gasteiger charge is -2.32. The van der Waals surface area contributed by atoms with Crippen LogP contribution in [0.4, 0.5) is 11.4 Å². The summed E-state index contributed by atoms with van der Waals surface area (Å²) in [6, 6.07) is 18.3. The highest BCUT2D eigenvalue weighted by Gasteiger charge is 2.21. The van der Waals surface area contributed by atoms with Gasteiger partial charge in [0, 0.05) is 45.5 Å². The minimum Gasteiger partial charge on any atom is -0.459 e. The molecule has 0 radical (unpaired) electrons. The molecule has 1 aromatic heterocycles. The predicted molar refractivity (Wildman–Crippen MR) is 130 cm³/mol. The van der Waals surface area contributed by atoms with Crippen LogP contribution in [0.1, 0.15) is 26.5 Å². The maximum Gasteiger partial charge on any atom is 0.293 e. The molecule has 7 nitrogen and oxygen atoms in total. The van der Waals surface area contributed by atoms with E-state index >= 15 is 0 Å². The van der Waals surface area contributed by atoms with Gasteiger partial charge in [0.2, 0.25) is 0 Å². The second kappa shape index (κ2) is 10.5. The number of furan rings is 1. The summed E-state index contributed by atoms with van der Waals surface area (Å²) in [6.07, 6.45) is 2.44. The Hall–Kier alpha value is -3.42. The van der Waals surface area contributed by atoms with E-state index in [1.807, 2.05) is 12.1 Å². The first-order valence-corrected chi connectivity index (χ1v) is 11.2. The number of piperazine rings is 1. The van der Waals surface area contributed by atoms with Crippen LogP contribution in [-0.4, -0.2) is 68.4 Å². The number of nitrogens with one attached hydrogen (secondary N) is 1. The molecule has 1 N–H and O–H groups in total. The fraction of sp³-hybridized carbons (Fsp3) is 0.308. The molecule has 1 aliphatic rings. The first-order valence-electron chi connectivity index (χ1n) is 11.2. The topological polar surface area (TPSA) is 69.0 Å². The highest BCUT2D eigenvalue weighted by Crippen LogP contribution is 2.23. The summed E-state index contributed by atoms with van der Waals surface area (Å²) in [7, 11) is 3.80. The summed E-state index contributed by atoms with van der Waals surface area (Å²) in [5, 5.41) is 2.95. The average molecular weight is 447 g/mol. The Morgan fingerprint density at radius 3 is 2.39 bits per heavy atom. The number of para-hydroxylation sites is 1. The molecule has 33 heavy (non-hydrogen) atoms. The Bertz CT molecular complexity index is 1070. The van der Waals surface area contributed by atoms with Gasteiger partial charge < -0.3 is 24.4 Å². The Morgan fingerprint density at radius 1 is 0.970 bits per heavy atom. The zero-order valence-electron chi connectivity index (χ0n) is 19.2. The van der Waals surface area contributed by atoms with Gasteiger partial charge in [-0.3, -0.25) is 9.59 Å². The number of rotatable bonds is 7. The van der Waals surface area contributed by atoms with Crippen LogP contribution >= 0.6 is 0 Å². The van der Waals surface area contributed by atoms with Crippen LogP contribution in [0.3, 0.4) is 0 Å². The van der Waals surface area contributed by atoms with Crippen LogP contribution in [-0.2, 0) is 6.42 Å². The third kappa shape index (κ3) is 5.69. The molecule has 1 fully saturated rings. The molecule has 0 aliphatic carbocycles. The van der Waals surface area contributed by atoms with E-state index in [0.29, 0.717) is 11.3 Å². The van der Waals surface area contributed by atoms with Gasteiger partial charge in [0.1, 0.15) is 0 Å². The molecule has 7 heteroatoms. The Morgan fingerprint density at radius 2 is 1.70 bits per heavy atom. The van der Waals surface area contributed by atoms with Crippen molar-refractivity contribution in [3.8, 4) is 0 Å². The monoisotopic (exact) mass is 446 g/mol. The molecule has 3 aromatic rings. The maximum absolute atomic E-state index is 13.0. The molecule has 0 unspecified atom stereocenters. The number of carbonyl (C=O) groups excluding carboxylic acids is 2. The van der Waals surface area contributed by atoms with Gasteiger partial charge in [-0.25, -0.2) is 0 Å². The van der Waals surface area contributed by atoms with E-state index in [2.05, 4.69) is 34.3 Å². The van der Waals surface area contributed by atoms with Gasteiger partial charge in [-0.15, -0.1) is 0 Å². The SMILES string of the molecule is CN1CCN(CCc2ccc(NC(=O)c3ccccc3N(C)C(=O)c3ccco3)cc2)CC1. The molecule has 0 spiro atoms. The van der Waals surface area contributed by atoms with E-state index in [-0.39, 0.29) is 17.6 Å². The predicted octanol–water partition coefficient (Wildman–Crippen LogP) is 3.60. The Kier molecular flexibility index (Phi) is 7.22. The summed E-state index contributed by atoms with van der Waals surface area (Å²) in [5.41, 5.74) is 2.90. The maximum atomic E-state index is 13.0. The molecule has 0 atom stereocenters. The molecular formula is C26H30N4O3. The van der Waals surface area contributed by atoms with E-state index in [0.717, 1.165) is 44.8 Å². The number of likely N-dealkylation sites (N-methyl/N-ethyl adjacent to an activating group) is 1. The summed E-state index contributed by atoms with van der Waals surface area (Å²) in [4.78, 5) is 31.9. The summed E-state index contributed by atoms with van der Waals surface area (Å²) < 4.78 is 5.21. The van der Waals surface area contributed by atoms with Gasteiger partial charge in [0.25, 0.3) is 11.8 Å². The number of amides is 2. The van der Waals surface area contributed by atoms with E-state index in [1.165, 1.54) is 16.7 Å². The van der Waals surface area contributed by atoms with Crippen molar-refractivity contribution in [2.24, 2.45) is 0 Å². The van der Waals surface area contributed by atoms with Crippen molar-refractivity contribution in [1.29, 1.82) is 0 Å². The van der Waals surface area contributed by atoms with Gasteiger partial charge in [-0.05, 0) is 55.4 Å². The highest BCUT2D eigenvalue weighted by molar-refractivity contribution is 6.12. The van der Waals surface area contributed by atoms with Gasteiger partial charge in [0.15, 0.2) is 5.76 Å². The molecule has 2 aromatic carbocycles. The van der Waals surface area contributed by atoms with E-state index in [1.54, 1.807) is 43.4 Å². The minimum absolute atomic E-state index is 0.222. The zero-order chi connectivity index (χ0) is 23.2. The molecule has 2 amide bonds. The van der Waals surface area contributed by atoms with Crippen molar-refractivity contribution in [2.75, 3.05) is 57.0 Å². The van der Waals surface area contributed by atoms with Crippen LogP contribution in [0.25, 0.3) is 0 Å². The van der Waals surface area contributed by atoms with Gasteiger partial charge in [0.05, 0.1) is 17.5 Å². The number of hydrogen-bond donors (Lipinski definition) is 1. The number of nitrogens with zero attached hydrogens (tertiary/aromatic N) is 3. The van der Waals surface area contributed by atoms with Crippen molar-refractivity contribution in [3.05, 3.63) is 83.8 Å². The van der Waals surface area contributed by atoms with Crippen molar-refractivity contribution >= 4 is 23.2 Å². The smallest absolute Gasteiger partial charge is 0.293 e. The van der Waals surface area contributed by atoms with Crippen LogP contribution in [0, 0.1) is 0 Å². The van der Waals surface area contributed by atoms with E-state index in [4.69, 9.17) is 4.42 Å². The Labute approximate surface area is 194 Å². The highest BCUT2D eigenvalue weighted by atomic mass is 16.3. The summed E-state index contributed by atoms with van der Waals surface area (Å²) >= 11 is 0. The molecular weight excluding hydrogens is 416 g/mol. The van der Waals surface area contributed by atoms with Crippen LogP contribution in [0.15, 0.2) is 71.3 Å². The third-order valence-corrected chi connectivity index (χ3v) is 6.07. The molecule has 0 saturated carbocycles. The third-order valence-electron chi connectivity index (χ3n) is 6.07. The van der Waals surface area contributed by atoms with Gasteiger partial charge >= 0.3 is 0 Å². The lowest BCUT2D eigenvalue weighted by atomic mass is 10.1. The van der Waals surface area contributed by atoms with Crippen LogP contribution < -0.4 is 10.2 Å². The van der Waals surface area contributed by atoms with Crippen molar-refractivity contribution in [2.45, 2.75) is 6.42 Å². The number of carbonyl (C=O) groups is 2. The molecule has 4 rings (SSSR count). The largest absolute Gasteiger partial charge is 0.459 e. The van der Waals surface area contributed by atoms with Crippen molar-refractivity contribution in [3.63, 3.8) is 0 Å². The second-order valence-corrected chi connectivity index (χ2v) is 8.40. The lowest BCUT2D eigenvalue weighted by molar-refractivity contribution is 0.0966. The van der Waals surface area contributed by atoms with Crippen molar-refractivity contribution < 1.29 is 14.0 Å². The van der Waals surface area contributed by atoms with Crippen LogP contribution in [0.2, 0.25) is 0 Å². The zero-order valence-corrected chi connectivity index (χ0v) is 19.2. The first kappa shape index (κ1) is 22.8. The van der Waals surface area contributed by atoms with E-state index in [9.17, 15) is 9.59 Å². The average Bonchev–Trinajstić information content (AvgIpc) is 3.39. The molecule has 2 heterocycles. The standard InChI is InChI=1S/C26H30N4O3/c1-28-15-17-30(18-16-28)14-13-20-9-11-21(12-10-20)27-25(31)22-6-3-4-7-23(22)29(2)26(32)24-8-5-19-33-24/h3-12,19H,13-18H2,1-2H3,(H,27,31). The van der Waals surface area contributed by atoms with Gasteiger partial charge in [-0.1, -0.05) is 24.3 Å². The summed E-state index contributed by atoms with van der Waals surface area (Å²) in [5.74, 6) is -0.361.